The minimum atomic E-state index is -1.18. The Bertz CT molecular complexity index is 469. The predicted octanol–water partition coefficient (Wildman–Crippen LogP) is 0.440. The number of ether oxygens (including phenoxy) is 1. The number of benzene rings is 1. The maximum absolute atomic E-state index is 12.2. The zero-order chi connectivity index (χ0) is 13.8. The highest BCUT2D eigenvalue weighted by Gasteiger charge is 2.30. The summed E-state index contributed by atoms with van der Waals surface area (Å²) in [7, 11) is 0. The summed E-state index contributed by atoms with van der Waals surface area (Å²) in [4.78, 5) is 24.6. The third kappa shape index (κ3) is 2.86. The monoisotopic (exact) mass is 262 g/mol. The molecule has 1 aliphatic rings. The molecule has 5 heteroatoms. The van der Waals surface area contributed by atoms with Crippen LogP contribution in [0.25, 0.3) is 0 Å². The number of carboxylic acid groups (broad SMARTS) is 1. The highest BCUT2D eigenvalue weighted by Crippen LogP contribution is 2.21. The van der Waals surface area contributed by atoms with E-state index in [-0.39, 0.29) is 5.91 Å². The summed E-state index contributed by atoms with van der Waals surface area (Å²) in [5.41, 5.74) is 0.469. The molecule has 0 aromatic heterocycles. The number of carbonyl (C=O) groups is 2. The highest BCUT2D eigenvalue weighted by molar-refractivity contribution is 5.96. The molecule has 0 bridgehead atoms. The minimum Gasteiger partial charge on any atom is -0.548 e. The van der Waals surface area contributed by atoms with Gasteiger partial charge >= 0.3 is 0 Å². The van der Waals surface area contributed by atoms with Gasteiger partial charge in [0, 0.05) is 12.1 Å². The van der Waals surface area contributed by atoms with Crippen LogP contribution in [0.2, 0.25) is 0 Å². The van der Waals surface area contributed by atoms with Gasteiger partial charge in [0.1, 0.15) is 5.75 Å². The fourth-order valence-electron chi connectivity index (χ4n) is 2.28. The predicted molar refractivity (Wildman–Crippen MR) is 66.7 cm³/mol. The van der Waals surface area contributed by atoms with E-state index in [0.717, 1.165) is 0 Å². The van der Waals surface area contributed by atoms with Crippen molar-refractivity contribution >= 4 is 11.9 Å². The molecule has 1 fully saturated rings. The second kappa shape index (κ2) is 5.73. The van der Waals surface area contributed by atoms with Gasteiger partial charge < -0.3 is 19.5 Å². The van der Waals surface area contributed by atoms with Crippen LogP contribution >= 0.6 is 0 Å². The fraction of sp³-hybridized carbons (Fsp3) is 0.429. The van der Waals surface area contributed by atoms with E-state index in [1.54, 1.807) is 24.3 Å². The number of likely N-dealkylation sites (tertiary alicyclic amines) is 1. The van der Waals surface area contributed by atoms with Crippen LogP contribution in [-0.2, 0) is 4.79 Å². The van der Waals surface area contributed by atoms with Gasteiger partial charge in [0.25, 0.3) is 5.91 Å². The van der Waals surface area contributed by atoms with Crippen LogP contribution in [0, 0.1) is 0 Å². The molecule has 0 radical (unpaired) electrons. The molecule has 1 aromatic rings. The van der Waals surface area contributed by atoms with Gasteiger partial charge in [-0.3, -0.25) is 4.79 Å². The zero-order valence-electron chi connectivity index (χ0n) is 10.8. The first-order valence-corrected chi connectivity index (χ1v) is 6.38. The van der Waals surface area contributed by atoms with Gasteiger partial charge in [0.05, 0.1) is 18.6 Å². The summed E-state index contributed by atoms with van der Waals surface area (Å²) < 4.78 is 5.30. The second-order valence-corrected chi connectivity index (χ2v) is 4.43. The Morgan fingerprint density at radius 1 is 1.37 bits per heavy atom. The van der Waals surface area contributed by atoms with Crippen molar-refractivity contribution in [3.8, 4) is 5.75 Å². The summed E-state index contributed by atoms with van der Waals surface area (Å²) in [6.07, 6.45) is 1.16. The van der Waals surface area contributed by atoms with E-state index < -0.39 is 12.0 Å². The van der Waals surface area contributed by atoms with Crippen molar-refractivity contribution in [3.05, 3.63) is 29.8 Å². The molecule has 1 aliphatic heterocycles. The first kappa shape index (κ1) is 13.4. The smallest absolute Gasteiger partial charge is 0.254 e. The normalized spacial score (nSPS) is 18.4. The largest absolute Gasteiger partial charge is 0.548 e. The maximum atomic E-state index is 12.2. The van der Waals surface area contributed by atoms with E-state index in [0.29, 0.717) is 37.3 Å². The maximum Gasteiger partial charge on any atom is 0.254 e. The number of carbonyl (C=O) groups excluding carboxylic acids is 2. The van der Waals surface area contributed by atoms with Gasteiger partial charge in [-0.1, -0.05) is 0 Å². The standard InChI is InChI=1S/C14H17NO4/c1-2-19-11-7-5-10(6-8-11)13(16)15-9-3-4-12(15)14(17)18/h5-8,12H,2-4,9H2,1H3,(H,17,18)/p-1/t12-/m1/s1. The SMILES string of the molecule is CCOc1ccc(C(=O)N2CCC[C@@H]2C(=O)[O-])cc1. The number of amides is 1. The molecule has 0 saturated carbocycles. The lowest BCUT2D eigenvalue weighted by atomic mass is 10.1. The van der Waals surface area contributed by atoms with E-state index in [2.05, 4.69) is 0 Å². The van der Waals surface area contributed by atoms with Gasteiger partial charge in [0.2, 0.25) is 0 Å². The highest BCUT2D eigenvalue weighted by atomic mass is 16.5. The minimum absolute atomic E-state index is 0.269. The third-order valence-corrected chi connectivity index (χ3v) is 3.20. The molecule has 0 N–H and O–H groups in total. The summed E-state index contributed by atoms with van der Waals surface area (Å²) >= 11 is 0. The average molecular weight is 262 g/mol. The molecular weight excluding hydrogens is 246 g/mol. The van der Waals surface area contributed by atoms with Crippen LogP contribution in [0.1, 0.15) is 30.1 Å². The van der Waals surface area contributed by atoms with Crippen molar-refractivity contribution in [3.63, 3.8) is 0 Å². The van der Waals surface area contributed by atoms with Gasteiger partial charge in [0.15, 0.2) is 0 Å². The molecule has 1 saturated heterocycles. The van der Waals surface area contributed by atoms with Gasteiger partial charge in [-0.25, -0.2) is 0 Å². The molecule has 19 heavy (non-hydrogen) atoms. The van der Waals surface area contributed by atoms with Crippen molar-refractivity contribution in [2.24, 2.45) is 0 Å². The Morgan fingerprint density at radius 3 is 2.63 bits per heavy atom. The average Bonchev–Trinajstić information content (AvgIpc) is 2.88. The van der Waals surface area contributed by atoms with Gasteiger partial charge in [-0.05, 0) is 44.0 Å². The lowest BCUT2D eigenvalue weighted by Gasteiger charge is -2.25. The lowest BCUT2D eigenvalue weighted by Crippen LogP contribution is -2.46. The first-order valence-electron chi connectivity index (χ1n) is 6.38. The Morgan fingerprint density at radius 2 is 2.05 bits per heavy atom. The van der Waals surface area contributed by atoms with E-state index >= 15 is 0 Å². The lowest BCUT2D eigenvalue weighted by molar-refractivity contribution is -0.310. The summed E-state index contributed by atoms with van der Waals surface area (Å²) in [5.74, 6) is -0.761. The molecule has 1 aromatic carbocycles. The Balaban J connectivity index is 2.12. The van der Waals surface area contributed by atoms with Crippen molar-refractivity contribution in [1.82, 2.24) is 4.90 Å². The zero-order valence-corrected chi connectivity index (χ0v) is 10.8. The first-order chi connectivity index (χ1) is 9.13. The van der Waals surface area contributed by atoms with Crippen LogP contribution in [0.15, 0.2) is 24.3 Å². The molecule has 102 valence electrons. The van der Waals surface area contributed by atoms with Crippen LogP contribution in [0.3, 0.4) is 0 Å². The van der Waals surface area contributed by atoms with E-state index in [1.807, 2.05) is 6.92 Å². The number of aliphatic carboxylic acids is 1. The van der Waals surface area contributed by atoms with Gasteiger partial charge in [-0.15, -0.1) is 0 Å². The van der Waals surface area contributed by atoms with Crippen LogP contribution in [0.5, 0.6) is 5.75 Å². The van der Waals surface area contributed by atoms with Crippen molar-refractivity contribution in [1.29, 1.82) is 0 Å². The molecule has 1 heterocycles. The molecule has 0 aliphatic carbocycles. The molecule has 0 spiro atoms. The van der Waals surface area contributed by atoms with Crippen molar-refractivity contribution in [2.75, 3.05) is 13.2 Å². The fourth-order valence-corrected chi connectivity index (χ4v) is 2.28. The van der Waals surface area contributed by atoms with E-state index in [1.165, 1.54) is 4.90 Å². The Labute approximate surface area is 111 Å². The van der Waals surface area contributed by atoms with Crippen LogP contribution < -0.4 is 9.84 Å². The van der Waals surface area contributed by atoms with Gasteiger partial charge in [-0.2, -0.15) is 0 Å². The number of nitrogens with zero attached hydrogens (tertiary/aromatic N) is 1. The molecule has 1 atom stereocenters. The Hall–Kier alpha value is -2.04. The molecule has 5 nitrogen and oxygen atoms in total. The molecule has 0 unspecified atom stereocenters. The number of hydrogen-bond acceptors (Lipinski definition) is 4. The molecular formula is C14H16NO4-. The summed E-state index contributed by atoms with van der Waals surface area (Å²) in [6, 6.07) is 5.91. The number of rotatable bonds is 4. The topological polar surface area (TPSA) is 69.7 Å². The van der Waals surface area contributed by atoms with Crippen LogP contribution in [0.4, 0.5) is 0 Å². The van der Waals surface area contributed by atoms with Crippen LogP contribution in [-0.4, -0.2) is 36.0 Å². The van der Waals surface area contributed by atoms with Crippen molar-refractivity contribution in [2.45, 2.75) is 25.8 Å². The van der Waals surface area contributed by atoms with Crippen molar-refractivity contribution < 1.29 is 19.4 Å². The summed E-state index contributed by atoms with van der Waals surface area (Å²) in [6.45, 7) is 2.91. The quantitative estimate of drug-likeness (QED) is 0.789. The number of hydrogen-bond donors (Lipinski definition) is 0. The number of carboxylic acids is 1. The third-order valence-electron chi connectivity index (χ3n) is 3.20. The molecule has 2 rings (SSSR count). The van der Waals surface area contributed by atoms with E-state index in [9.17, 15) is 14.7 Å². The Kier molecular flexibility index (Phi) is 4.04. The summed E-state index contributed by atoms with van der Waals surface area (Å²) in [5, 5.41) is 11.0. The van der Waals surface area contributed by atoms with E-state index in [4.69, 9.17) is 4.74 Å². The molecule has 1 amide bonds. The second-order valence-electron chi connectivity index (χ2n) is 4.43.